The summed E-state index contributed by atoms with van der Waals surface area (Å²) in [6, 6.07) is 7.38. The van der Waals surface area contributed by atoms with Crippen molar-refractivity contribution in [3.05, 3.63) is 58.5 Å². The van der Waals surface area contributed by atoms with Crippen LogP contribution in [0.25, 0.3) is 11.3 Å². The van der Waals surface area contributed by atoms with Gasteiger partial charge in [0.2, 0.25) is 0 Å². The van der Waals surface area contributed by atoms with Crippen molar-refractivity contribution in [1.82, 2.24) is 15.3 Å². The smallest absolute Gasteiger partial charge is 0.255 e. The van der Waals surface area contributed by atoms with E-state index in [4.69, 9.17) is 16.3 Å². The number of carbonyl (C=O) groups is 1. The zero-order chi connectivity index (χ0) is 23.6. The van der Waals surface area contributed by atoms with Gasteiger partial charge in [-0.25, -0.2) is 0 Å². The van der Waals surface area contributed by atoms with Crippen molar-refractivity contribution in [2.45, 2.75) is 33.6 Å². The number of benzene rings is 1. The number of nitrogens with one attached hydrogen (secondary N) is 3. The highest BCUT2D eigenvalue weighted by Crippen LogP contribution is 2.41. The summed E-state index contributed by atoms with van der Waals surface area (Å²) in [5.41, 5.74) is 5.11. The Morgan fingerprint density at radius 3 is 2.88 bits per heavy atom. The Balaban J connectivity index is 1.90. The predicted octanol–water partition coefficient (Wildman–Crippen LogP) is 5.56. The Kier molecular flexibility index (Phi) is 6.35. The van der Waals surface area contributed by atoms with E-state index in [1.807, 2.05) is 18.2 Å². The van der Waals surface area contributed by atoms with Crippen LogP contribution in [0.1, 0.15) is 48.8 Å². The number of para-hydroxylation sites is 1. The van der Waals surface area contributed by atoms with Crippen LogP contribution < -0.4 is 15.4 Å². The van der Waals surface area contributed by atoms with Gasteiger partial charge in [-0.05, 0) is 38.5 Å². The molecule has 0 atom stereocenters. The van der Waals surface area contributed by atoms with Gasteiger partial charge in [-0.15, -0.1) is 0 Å². The molecule has 0 spiro atoms. The molecule has 1 aliphatic heterocycles. The third kappa shape index (κ3) is 4.55. The standard InChI is InChI=1S/C26H27ClN4O2/c1-5-26(2,3)12-9-16-15-28-13-10-17(16)22-23(21-19(30-22)11-14-29-25(21)32)31-20-8-6-7-18(27)24(20)33-4/h6-8,10,13,15,30-31H,5,11,14H2,1-4H3,(H,29,32). The molecule has 1 aliphatic rings. The van der Waals surface area contributed by atoms with E-state index in [1.165, 1.54) is 0 Å². The minimum absolute atomic E-state index is 0.114. The van der Waals surface area contributed by atoms with E-state index >= 15 is 0 Å². The van der Waals surface area contributed by atoms with Crippen LogP contribution in [-0.2, 0) is 6.42 Å². The van der Waals surface area contributed by atoms with E-state index < -0.39 is 0 Å². The first-order valence-corrected chi connectivity index (χ1v) is 11.3. The summed E-state index contributed by atoms with van der Waals surface area (Å²) in [7, 11) is 1.57. The second kappa shape index (κ2) is 9.21. The molecule has 3 heterocycles. The van der Waals surface area contributed by atoms with E-state index in [0.29, 0.717) is 40.7 Å². The maximum absolute atomic E-state index is 12.9. The molecule has 3 N–H and O–H groups in total. The highest BCUT2D eigenvalue weighted by Gasteiger charge is 2.28. The largest absolute Gasteiger partial charge is 0.493 e. The number of fused-ring (bicyclic) bond motifs is 1. The second-order valence-corrected chi connectivity index (χ2v) is 9.00. The number of methoxy groups -OCH3 is 1. The number of rotatable bonds is 5. The fraction of sp³-hybridized carbons (Fsp3) is 0.308. The van der Waals surface area contributed by atoms with Gasteiger partial charge < -0.3 is 20.4 Å². The monoisotopic (exact) mass is 462 g/mol. The van der Waals surface area contributed by atoms with E-state index in [0.717, 1.165) is 28.9 Å². The van der Waals surface area contributed by atoms with Gasteiger partial charge in [-0.1, -0.05) is 36.4 Å². The van der Waals surface area contributed by atoms with Crippen LogP contribution in [-0.4, -0.2) is 29.5 Å². The Hall–Kier alpha value is -3.43. The number of amides is 1. The van der Waals surface area contributed by atoms with Crippen molar-refractivity contribution in [3.8, 4) is 28.8 Å². The lowest BCUT2D eigenvalue weighted by Crippen LogP contribution is -2.31. The second-order valence-electron chi connectivity index (χ2n) is 8.59. The quantitative estimate of drug-likeness (QED) is 0.434. The molecule has 0 saturated carbocycles. The van der Waals surface area contributed by atoms with E-state index in [2.05, 4.69) is 53.2 Å². The molecule has 1 amide bonds. The summed E-state index contributed by atoms with van der Waals surface area (Å²) in [5.74, 6) is 7.05. The number of carbonyl (C=O) groups excluding carboxylic acids is 1. The lowest BCUT2D eigenvalue weighted by atomic mass is 9.90. The number of anilines is 2. The van der Waals surface area contributed by atoms with Crippen molar-refractivity contribution in [3.63, 3.8) is 0 Å². The SMILES string of the molecule is CCC(C)(C)C#Cc1cnccc1-c1[nH]c2c(c1Nc1cccc(Cl)c1OC)C(=O)NCC2. The van der Waals surface area contributed by atoms with Crippen LogP contribution in [0.3, 0.4) is 0 Å². The molecule has 0 unspecified atom stereocenters. The van der Waals surface area contributed by atoms with Crippen LogP contribution in [0, 0.1) is 17.3 Å². The Morgan fingerprint density at radius 2 is 2.12 bits per heavy atom. The minimum Gasteiger partial charge on any atom is -0.493 e. The van der Waals surface area contributed by atoms with Crippen LogP contribution in [0.5, 0.6) is 5.75 Å². The minimum atomic E-state index is -0.129. The summed E-state index contributed by atoms with van der Waals surface area (Å²) < 4.78 is 5.52. The van der Waals surface area contributed by atoms with Gasteiger partial charge in [-0.2, -0.15) is 0 Å². The summed E-state index contributed by atoms with van der Waals surface area (Å²) in [6.45, 7) is 6.94. The first-order valence-electron chi connectivity index (χ1n) is 10.9. The molecule has 1 aromatic carbocycles. The molecule has 0 fully saturated rings. The van der Waals surface area contributed by atoms with Gasteiger partial charge >= 0.3 is 0 Å². The number of ether oxygens (including phenoxy) is 1. The first kappa shape index (κ1) is 22.8. The summed E-state index contributed by atoms with van der Waals surface area (Å²) in [4.78, 5) is 20.6. The number of H-pyrrole nitrogens is 1. The number of hydrogen-bond donors (Lipinski definition) is 3. The molecule has 0 aliphatic carbocycles. The topological polar surface area (TPSA) is 79.0 Å². The molecule has 0 saturated heterocycles. The average molecular weight is 463 g/mol. The third-order valence-corrected chi connectivity index (χ3v) is 6.20. The van der Waals surface area contributed by atoms with Crippen molar-refractivity contribution in [1.29, 1.82) is 0 Å². The van der Waals surface area contributed by atoms with E-state index in [1.54, 1.807) is 25.6 Å². The molecule has 3 aromatic rings. The number of hydrogen-bond acceptors (Lipinski definition) is 4. The maximum atomic E-state index is 12.9. The van der Waals surface area contributed by atoms with Gasteiger partial charge in [0.1, 0.15) is 0 Å². The number of pyridine rings is 1. The van der Waals surface area contributed by atoms with Crippen molar-refractivity contribution < 1.29 is 9.53 Å². The molecule has 0 bridgehead atoms. The molecule has 4 rings (SSSR count). The Morgan fingerprint density at radius 1 is 1.30 bits per heavy atom. The van der Waals surface area contributed by atoms with Gasteiger partial charge in [0.15, 0.2) is 5.75 Å². The maximum Gasteiger partial charge on any atom is 0.255 e. The van der Waals surface area contributed by atoms with Crippen molar-refractivity contribution in [2.75, 3.05) is 19.0 Å². The molecule has 2 aromatic heterocycles. The Bertz CT molecular complexity index is 1270. The van der Waals surface area contributed by atoms with E-state index in [9.17, 15) is 4.79 Å². The lowest BCUT2D eigenvalue weighted by Gasteiger charge is -2.17. The fourth-order valence-electron chi connectivity index (χ4n) is 3.69. The summed E-state index contributed by atoms with van der Waals surface area (Å²) >= 11 is 6.34. The van der Waals surface area contributed by atoms with Crippen molar-refractivity contribution >= 4 is 28.9 Å². The fourth-order valence-corrected chi connectivity index (χ4v) is 3.94. The molecule has 170 valence electrons. The number of nitrogens with zero attached hydrogens (tertiary/aromatic N) is 1. The summed E-state index contributed by atoms with van der Waals surface area (Å²) in [6.07, 6.45) is 5.14. The normalized spacial score (nSPS) is 12.9. The zero-order valence-electron chi connectivity index (χ0n) is 19.2. The number of aromatic amines is 1. The lowest BCUT2D eigenvalue weighted by molar-refractivity contribution is 0.0947. The van der Waals surface area contributed by atoms with Crippen LogP contribution in [0.4, 0.5) is 11.4 Å². The molecule has 6 nitrogen and oxygen atoms in total. The molecule has 33 heavy (non-hydrogen) atoms. The molecular weight excluding hydrogens is 436 g/mol. The van der Waals surface area contributed by atoms with Crippen LogP contribution in [0.15, 0.2) is 36.7 Å². The zero-order valence-corrected chi connectivity index (χ0v) is 20.0. The number of aromatic nitrogens is 2. The van der Waals surface area contributed by atoms with Gasteiger partial charge in [0.25, 0.3) is 5.91 Å². The molecule has 0 radical (unpaired) electrons. The van der Waals surface area contributed by atoms with Gasteiger partial charge in [0.05, 0.1) is 40.3 Å². The number of halogens is 1. The highest BCUT2D eigenvalue weighted by atomic mass is 35.5. The van der Waals surface area contributed by atoms with Gasteiger partial charge in [-0.3, -0.25) is 9.78 Å². The third-order valence-electron chi connectivity index (χ3n) is 5.91. The first-order chi connectivity index (χ1) is 15.8. The van der Waals surface area contributed by atoms with Gasteiger partial charge in [0, 0.05) is 42.0 Å². The Labute approximate surface area is 199 Å². The van der Waals surface area contributed by atoms with E-state index in [-0.39, 0.29) is 11.3 Å². The molecule has 7 heteroatoms. The van der Waals surface area contributed by atoms with Crippen LogP contribution >= 0.6 is 11.6 Å². The average Bonchev–Trinajstić information content (AvgIpc) is 3.17. The van der Waals surface area contributed by atoms with Crippen LogP contribution in [0.2, 0.25) is 5.02 Å². The van der Waals surface area contributed by atoms with Crippen molar-refractivity contribution in [2.24, 2.45) is 5.41 Å². The highest BCUT2D eigenvalue weighted by molar-refractivity contribution is 6.32. The predicted molar refractivity (Wildman–Crippen MR) is 132 cm³/mol. The molecular formula is C26H27ClN4O2. The summed E-state index contributed by atoms with van der Waals surface area (Å²) in [5, 5.41) is 6.83.